The molecule has 16 heavy (non-hydrogen) atoms. The fourth-order valence-electron chi connectivity index (χ4n) is 1.76. The van der Waals surface area contributed by atoms with Crippen LogP contribution in [-0.4, -0.2) is 17.8 Å². The predicted molar refractivity (Wildman–Crippen MR) is 70.7 cm³/mol. The first-order valence-corrected chi connectivity index (χ1v) is 6.84. The van der Waals surface area contributed by atoms with Gasteiger partial charge in [0.2, 0.25) is 0 Å². The van der Waals surface area contributed by atoms with Crippen LogP contribution < -0.4 is 5.32 Å². The minimum Gasteiger partial charge on any atom is -0.395 e. The van der Waals surface area contributed by atoms with Crippen LogP contribution in [0.1, 0.15) is 38.6 Å². The van der Waals surface area contributed by atoms with Gasteiger partial charge in [-0.25, -0.2) is 0 Å². The molecule has 0 aromatic carbocycles. The van der Waals surface area contributed by atoms with Crippen molar-refractivity contribution in [2.75, 3.05) is 6.61 Å². The summed E-state index contributed by atoms with van der Waals surface area (Å²) in [4.78, 5) is 1.36. The Bertz CT molecular complexity index is 282. The number of hydrogen-bond donors (Lipinski definition) is 2. The van der Waals surface area contributed by atoms with Gasteiger partial charge in [-0.3, -0.25) is 0 Å². The minimum atomic E-state index is 0.175. The van der Waals surface area contributed by atoms with Gasteiger partial charge in [0.05, 0.1) is 6.61 Å². The summed E-state index contributed by atoms with van der Waals surface area (Å²) in [6, 6.07) is 4.77. The summed E-state index contributed by atoms with van der Waals surface area (Å²) in [5.41, 5.74) is 0. The Kier molecular flexibility index (Phi) is 5.46. The predicted octanol–water partition coefficient (Wildman–Crippen LogP) is 3.05. The largest absolute Gasteiger partial charge is 0.395 e. The van der Waals surface area contributed by atoms with Crippen LogP contribution in [0.2, 0.25) is 0 Å². The van der Waals surface area contributed by atoms with Crippen molar-refractivity contribution in [1.82, 2.24) is 5.32 Å². The second-order valence-electron chi connectivity index (χ2n) is 4.94. The quantitative estimate of drug-likeness (QED) is 0.802. The number of aliphatic hydroxyl groups is 1. The van der Waals surface area contributed by atoms with E-state index >= 15 is 0 Å². The van der Waals surface area contributed by atoms with Crippen molar-refractivity contribution >= 4 is 11.3 Å². The lowest BCUT2D eigenvalue weighted by molar-refractivity contribution is 0.189. The molecule has 0 aliphatic heterocycles. The SMILES string of the molecule is CC(C)C(CO)NC(c1cccs1)C(C)C. The molecule has 1 aromatic rings. The van der Waals surface area contributed by atoms with Gasteiger partial charge in [-0.1, -0.05) is 33.8 Å². The van der Waals surface area contributed by atoms with Gasteiger partial charge in [-0.05, 0) is 23.3 Å². The molecule has 0 saturated heterocycles. The van der Waals surface area contributed by atoms with Crippen molar-refractivity contribution in [3.63, 3.8) is 0 Å². The van der Waals surface area contributed by atoms with Gasteiger partial charge >= 0.3 is 0 Å². The zero-order valence-corrected chi connectivity index (χ0v) is 11.4. The van der Waals surface area contributed by atoms with Crippen molar-refractivity contribution in [2.24, 2.45) is 11.8 Å². The molecule has 0 bridgehead atoms. The molecule has 2 N–H and O–H groups in total. The normalized spacial score (nSPS) is 15.7. The number of aliphatic hydroxyl groups excluding tert-OH is 1. The Labute approximate surface area is 103 Å². The van der Waals surface area contributed by atoms with Crippen molar-refractivity contribution < 1.29 is 5.11 Å². The van der Waals surface area contributed by atoms with Crippen LogP contribution in [0.25, 0.3) is 0 Å². The lowest BCUT2D eigenvalue weighted by atomic mass is 9.98. The van der Waals surface area contributed by atoms with Crippen LogP contribution in [0.15, 0.2) is 17.5 Å². The summed E-state index contributed by atoms with van der Waals surface area (Å²) in [6.07, 6.45) is 0. The summed E-state index contributed by atoms with van der Waals surface area (Å²) < 4.78 is 0. The molecule has 2 unspecified atom stereocenters. The number of hydrogen-bond acceptors (Lipinski definition) is 3. The third kappa shape index (κ3) is 3.58. The first kappa shape index (κ1) is 13.7. The fourth-order valence-corrected chi connectivity index (χ4v) is 2.72. The molecule has 3 heteroatoms. The van der Waals surface area contributed by atoms with E-state index in [4.69, 9.17) is 0 Å². The van der Waals surface area contributed by atoms with E-state index in [1.165, 1.54) is 4.88 Å². The van der Waals surface area contributed by atoms with Crippen LogP contribution in [0.5, 0.6) is 0 Å². The van der Waals surface area contributed by atoms with Crippen LogP contribution in [-0.2, 0) is 0 Å². The highest BCUT2D eigenvalue weighted by Gasteiger charge is 2.22. The topological polar surface area (TPSA) is 32.3 Å². The van der Waals surface area contributed by atoms with E-state index in [9.17, 15) is 5.11 Å². The molecular formula is C13H23NOS. The highest BCUT2D eigenvalue weighted by molar-refractivity contribution is 7.10. The van der Waals surface area contributed by atoms with E-state index in [2.05, 4.69) is 50.5 Å². The second kappa shape index (κ2) is 6.38. The van der Waals surface area contributed by atoms with Crippen LogP contribution >= 0.6 is 11.3 Å². The van der Waals surface area contributed by atoms with E-state index in [1.807, 2.05) is 0 Å². The summed E-state index contributed by atoms with van der Waals surface area (Å²) in [5, 5.41) is 15.0. The van der Waals surface area contributed by atoms with Gasteiger partial charge in [0.15, 0.2) is 0 Å². The fraction of sp³-hybridized carbons (Fsp3) is 0.692. The molecule has 0 spiro atoms. The molecule has 2 nitrogen and oxygen atoms in total. The molecule has 92 valence electrons. The summed E-state index contributed by atoms with van der Waals surface area (Å²) in [7, 11) is 0. The maximum absolute atomic E-state index is 9.37. The Morgan fingerprint density at radius 3 is 2.31 bits per heavy atom. The Hall–Kier alpha value is -0.380. The maximum atomic E-state index is 9.37. The molecule has 1 heterocycles. The monoisotopic (exact) mass is 241 g/mol. The Morgan fingerprint density at radius 2 is 1.94 bits per heavy atom. The first-order valence-electron chi connectivity index (χ1n) is 5.96. The average molecular weight is 241 g/mol. The number of rotatable bonds is 6. The van der Waals surface area contributed by atoms with E-state index < -0.39 is 0 Å². The molecule has 2 atom stereocenters. The zero-order valence-electron chi connectivity index (χ0n) is 10.6. The van der Waals surface area contributed by atoms with Crippen LogP contribution in [0, 0.1) is 11.8 Å². The highest BCUT2D eigenvalue weighted by atomic mass is 32.1. The molecule has 0 aliphatic rings. The van der Waals surface area contributed by atoms with Crippen LogP contribution in [0.4, 0.5) is 0 Å². The van der Waals surface area contributed by atoms with Gasteiger partial charge in [-0.15, -0.1) is 11.3 Å². The number of nitrogens with one attached hydrogen (secondary N) is 1. The molecule has 0 radical (unpaired) electrons. The average Bonchev–Trinajstić information content (AvgIpc) is 2.71. The molecule has 1 aromatic heterocycles. The molecule has 0 saturated carbocycles. The summed E-state index contributed by atoms with van der Waals surface area (Å²) in [6.45, 7) is 8.91. The van der Waals surface area contributed by atoms with Gasteiger partial charge in [0, 0.05) is 17.0 Å². The second-order valence-corrected chi connectivity index (χ2v) is 5.92. The van der Waals surface area contributed by atoms with Crippen molar-refractivity contribution in [3.05, 3.63) is 22.4 Å². The Balaban J connectivity index is 2.72. The van der Waals surface area contributed by atoms with E-state index in [-0.39, 0.29) is 12.6 Å². The van der Waals surface area contributed by atoms with Crippen LogP contribution in [0.3, 0.4) is 0 Å². The summed E-state index contributed by atoms with van der Waals surface area (Å²) >= 11 is 1.78. The van der Waals surface area contributed by atoms with E-state index in [0.717, 1.165) is 0 Å². The van der Waals surface area contributed by atoms with Gasteiger partial charge in [0.25, 0.3) is 0 Å². The molecule has 0 amide bonds. The maximum Gasteiger partial charge on any atom is 0.0587 e. The standard InChI is InChI=1S/C13H23NOS/c1-9(2)11(8-15)14-13(10(3)4)12-6-5-7-16-12/h5-7,9-11,13-15H,8H2,1-4H3. The lowest BCUT2D eigenvalue weighted by Crippen LogP contribution is -2.41. The molecular weight excluding hydrogens is 218 g/mol. The molecule has 0 fully saturated rings. The van der Waals surface area contributed by atoms with Crippen molar-refractivity contribution in [3.8, 4) is 0 Å². The number of thiophene rings is 1. The summed E-state index contributed by atoms with van der Waals surface area (Å²) in [5.74, 6) is 0.984. The lowest BCUT2D eigenvalue weighted by Gasteiger charge is -2.29. The molecule has 1 rings (SSSR count). The van der Waals surface area contributed by atoms with Gasteiger partial charge < -0.3 is 10.4 Å². The van der Waals surface area contributed by atoms with Crippen molar-refractivity contribution in [2.45, 2.75) is 39.8 Å². The zero-order chi connectivity index (χ0) is 12.1. The smallest absolute Gasteiger partial charge is 0.0587 e. The van der Waals surface area contributed by atoms with Gasteiger partial charge in [0.1, 0.15) is 0 Å². The first-order chi connectivity index (χ1) is 7.56. The van der Waals surface area contributed by atoms with E-state index in [1.54, 1.807) is 11.3 Å². The van der Waals surface area contributed by atoms with E-state index in [0.29, 0.717) is 17.9 Å². The third-order valence-corrected chi connectivity index (χ3v) is 3.87. The minimum absolute atomic E-state index is 0.175. The van der Waals surface area contributed by atoms with Gasteiger partial charge in [-0.2, -0.15) is 0 Å². The third-order valence-electron chi connectivity index (χ3n) is 2.91. The Morgan fingerprint density at radius 1 is 1.25 bits per heavy atom. The highest BCUT2D eigenvalue weighted by Crippen LogP contribution is 2.26. The van der Waals surface area contributed by atoms with Crippen molar-refractivity contribution in [1.29, 1.82) is 0 Å². The molecule has 0 aliphatic carbocycles.